The van der Waals surface area contributed by atoms with Crippen LogP contribution in [0.3, 0.4) is 0 Å². The number of hydrogen-bond donors (Lipinski definition) is 3. The van der Waals surface area contributed by atoms with Crippen LogP contribution >= 0.6 is 0 Å². The number of aromatic nitrogens is 4. The number of halogens is 3. The number of rotatable bonds is 6. The Balaban J connectivity index is 1.29. The van der Waals surface area contributed by atoms with Gasteiger partial charge in [-0.2, -0.15) is 13.2 Å². The molecule has 0 aliphatic carbocycles. The number of morpholine rings is 1. The molecule has 0 atom stereocenters. The number of carbonyl (C=O) groups excluding carboxylic acids is 1. The summed E-state index contributed by atoms with van der Waals surface area (Å²) in [6, 6.07) is 17.9. The molecule has 43 heavy (non-hydrogen) atoms. The Morgan fingerprint density at radius 1 is 1.00 bits per heavy atom. The van der Waals surface area contributed by atoms with E-state index in [9.17, 15) is 18.0 Å². The molecule has 2 aromatic heterocycles. The molecule has 3 heterocycles. The highest BCUT2D eigenvalue weighted by Gasteiger charge is 2.36. The molecule has 1 aliphatic heterocycles. The number of hydrogen-bond acceptors (Lipinski definition) is 8. The number of nitrogens with one attached hydrogen (secondary N) is 2. The molecule has 1 fully saturated rings. The van der Waals surface area contributed by atoms with E-state index in [1.165, 1.54) is 18.5 Å². The Labute approximate surface area is 244 Å². The van der Waals surface area contributed by atoms with Crippen LogP contribution in [0, 0.1) is 6.92 Å². The van der Waals surface area contributed by atoms with Gasteiger partial charge in [0.2, 0.25) is 5.95 Å². The Bertz CT molecular complexity index is 1820. The van der Waals surface area contributed by atoms with Crippen molar-refractivity contribution in [2.24, 2.45) is 0 Å². The van der Waals surface area contributed by atoms with Crippen molar-refractivity contribution in [3.8, 4) is 5.82 Å². The first-order valence-electron chi connectivity index (χ1n) is 13.5. The van der Waals surface area contributed by atoms with Gasteiger partial charge >= 0.3 is 6.18 Å². The summed E-state index contributed by atoms with van der Waals surface area (Å²) in [5, 5.41) is 6.03. The average molecular weight is 589 g/mol. The molecular formula is C30H27F3N8O2. The number of ether oxygens (including phenoxy) is 1. The van der Waals surface area contributed by atoms with Crippen LogP contribution in [-0.2, 0) is 10.9 Å². The minimum absolute atomic E-state index is 0.0301. The predicted molar refractivity (Wildman–Crippen MR) is 158 cm³/mol. The molecular weight excluding hydrogens is 561 g/mol. The van der Waals surface area contributed by atoms with E-state index in [4.69, 9.17) is 15.5 Å². The number of aryl methyl sites for hydroxylation is 1. The molecule has 0 radical (unpaired) electrons. The number of imidazole rings is 1. The Kier molecular flexibility index (Phi) is 7.32. The molecule has 1 saturated heterocycles. The van der Waals surface area contributed by atoms with Gasteiger partial charge in [-0.1, -0.05) is 18.2 Å². The normalized spacial score (nSPS) is 13.7. The second-order valence-corrected chi connectivity index (χ2v) is 10.00. The van der Waals surface area contributed by atoms with Crippen molar-refractivity contribution in [3.63, 3.8) is 0 Å². The molecule has 1 amide bonds. The number of para-hydroxylation sites is 2. The second-order valence-electron chi connectivity index (χ2n) is 10.00. The molecule has 0 saturated carbocycles. The smallest absolute Gasteiger partial charge is 0.384 e. The summed E-state index contributed by atoms with van der Waals surface area (Å²) in [4.78, 5) is 27.8. The third-order valence-electron chi connectivity index (χ3n) is 7.12. The van der Waals surface area contributed by atoms with Gasteiger partial charge in [0.05, 0.1) is 29.8 Å². The molecule has 4 N–H and O–H groups in total. The zero-order chi connectivity index (χ0) is 30.1. The third kappa shape index (κ3) is 5.79. The average Bonchev–Trinajstić information content (AvgIpc) is 3.36. The van der Waals surface area contributed by atoms with Crippen molar-refractivity contribution in [2.45, 2.75) is 13.1 Å². The topological polar surface area (TPSA) is 123 Å². The number of carbonyl (C=O) groups is 1. The number of nitrogen functional groups attached to an aromatic ring is 1. The zero-order valence-electron chi connectivity index (χ0n) is 23.0. The first-order valence-corrected chi connectivity index (χ1v) is 13.5. The lowest BCUT2D eigenvalue weighted by molar-refractivity contribution is -0.137. The molecule has 3 aromatic carbocycles. The predicted octanol–water partition coefficient (Wildman–Crippen LogP) is 5.56. The number of nitrogens with zero attached hydrogens (tertiary/aromatic N) is 5. The van der Waals surface area contributed by atoms with Crippen molar-refractivity contribution < 1.29 is 22.7 Å². The largest absolute Gasteiger partial charge is 0.418 e. The summed E-state index contributed by atoms with van der Waals surface area (Å²) in [5.41, 5.74) is 8.32. The SMILES string of the molecule is Cc1ccc(NC(=O)c2ccc(N3CCOCC3)c(C(F)(F)F)c2)cc1Nc1nc2ccccc2n1-c1cc(N)ncn1. The van der Waals surface area contributed by atoms with Gasteiger partial charge in [-0.3, -0.25) is 9.36 Å². The van der Waals surface area contributed by atoms with Crippen molar-refractivity contribution in [3.05, 3.63) is 89.7 Å². The van der Waals surface area contributed by atoms with Crippen LogP contribution in [-0.4, -0.2) is 51.7 Å². The van der Waals surface area contributed by atoms with Gasteiger partial charge in [-0.05, 0) is 55.0 Å². The second kappa shape index (κ2) is 11.2. The Morgan fingerprint density at radius 3 is 2.56 bits per heavy atom. The fraction of sp³-hybridized carbons (Fsp3) is 0.200. The first-order chi connectivity index (χ1) is 20.7. The van der Waals surface area contributed by atoms with Gasteiger partial charge in [0.15, 0.2) is 0 Å². The van der Waals surface area contributed by atoms with Gasteiger partial charge in [0, 0.05) is 41.8 Å². The maximum Gasteiger partial charge on any atom is 0.418 e. The lowest BCUT2D eigenvalue weighted by Gasteiger charge is -2.31. The van der Waals surface area contributed by atoms with E-state index in [0.29, 0.717) is 60.8 Å². The maximum absolute atomic E-state index is 14.0. The van der Waals surface area contributed by atoms with E-state index in [2.05, 4.69) is 20.6 Å². The van der Waals surface area contributed by atoms with E-state index >= 15 is 0 Å². The van der Waals surface area contributed by atoms with Crippen LogP contribution in [0.4, 0.5) is 42.0 Å². The van der Waals surface area contributed by atoms with E-state index in [0.717, 1.165) is 17.1 Å². The fourth-order valence-electron chi connectivity index (χ4n) is 4.97. The minimum Gasteiger partial charge on any atom is -0.384 e. The summed E-state index contributed by atoms with van der Waals surface area (Å²) < 4.78 is 49.1. The number of alkyl halides is 3. The minimum atomic E-state index is -4.63. The lowest BCUT2D eigenvalue weighted by atomic mass is 10.1. The number of fused-ring (bicyclic) bond motifs is 1. The molecule has 13 heteroatoms. The Morgan fingerprint density at radius 2 is 1.79 bits per heavy atom. The van der Waals surface area contributed by atoms with Crippen LogP contribution in [0.1, 0.15) is 21.5 Å². The van der Waals surface area contributed by atoms with Crippen LogP contribution < -0.4 is 21.3 Å². The quantitative estimate of drug-likeness (QED) is 0.236. The van der Waals surface area contributed by atoms with Crippen molar-refractivity contribution >= 4 is 45.8 Å². The molecule has 0 spiro atoms. The molecule has 1 aliphatic rings. The molecule has 5 aromatic rings. The molecule has 10 nitrogen and oxygen atoms in total. The molecule has 220 valence electrons. The van der Waals surface area contributed by atoms with Gasteiger partial charge < -0.3 is 26.0 Å². The highest BCUT2D eigenvalue weighted by Crippen LogP contribution is 2.38. The van der Waals surface area contributed by atoms with Crippen LogP contribution in [0.2, 0.25) is 0 Å². The van der Waals surface area contributed by atoms with Gasteiger partial charge in [-0.15, -0.1) is 0 Å². The monoisotopic (exact) mass is 588 g/mol. The van der Waals surface area contributed by atoms with E-state index in [1.807, 2.05) is 31.2 Å². The summed E-state index contributed by atoms with van der Waals surface area (Å²) in [6.07, 6.45) is -3.27. The van der Waals surface area contributed by atoms with Crippen molar-refractivity contribution in [1.82, 2.24) is 19.5 Å². The summed E-state index contributed by atoms with van der Waals surface area (Å²) >= 11 is 0. The highest BCUT2D eigenvalue weighted by atomic mass is 19.4. The number of anilines is 5. The fourth-order valence-corrected chi connectivity index (χ4v) is 4.97. The number of amides is 1. The van der Waals surface area contributed by atoms with Crippen molar-refractivity contribution in [1.29, 1.82) is 0 Å². The Hall–Kier alpha value is -5.17. The molecule has 0 unspecified atom stereocenters. The van der Waals surface area contributed by atoms with Crippen molar-refractivity contribution in [2.75, 3.05) is 47.6 Å². The maximum atomic E-state index is 14.0. The third-order valence-corrected chi connectivity index (χ3v) is 7.12. The summed E-state index contributed by atoms with van der Waals surface area (Å²) in [5.74, 6) is 0.574. The first kappa shape index (κ1) is 28.0. The summed E-state index contributed by atoms with van der Waals surface area (Å²) in [6.45, 7) is 3.24. The highest BCUT2D eigenvalue weighted by molar-refractivity contribution is 6.05. The van der Waals surface area contributed by atoms with E-state index in [-0.39, 0.29) is 11.3 Å². The molecule has 6 rings (SSSR count). The van der Waals surface area contributed by atoms with Crippen LogP contribution in [0.25, 0.3) is 16.9 Å². The lowest BCUT2D eigenvalue weighted by Crippen LogP contribution is -2.37. The zero-order valence-corrected chi connectivity index (χ0v) is 23.0. The molecule has 0 bridgehead atoms. The summed E-state index contributed by atoms with van der Waals surface area (Å²) in [7, 11) is 0. The van der Waals surface area contributed by atoms with Crippen LogP contribution in [0.15, 0.2) is 73.1 Å². The van der Waals surface area contributed by atoms with E-state index in [1.54, 1.807) is 33.7 Å². The number of benzene rings is 3. The van der Waals surface area contributed by atoms with Gasteiger partial charge in [0.25, 0.3) is 5.91 Å². The van der Waals surface area contributed by atoms with Crippen LogP contribution in [0.5, 0.6) is 0 Å². The van der Waals surface area contributed by atoms with E-state index < -0.39 is 17.6 Å². The standard InChI is InChI=1S/C30H27F3N8O2/c1-18-6-8-20(37-28(42)19-7-9-24(21(14-19)30(31,32)33)40-10-12-43-13-11-40)15-23(18)39-29-38-22-4-2-3-5-25(22)41(29)27-16-26(34)35-17-36-27/h2-9,14-17H,10-13H2,1H3,(H,37,42)(H,38,39)(H2,34,35,36). The van der Waals surface area contributed by atoms with Gasteiger partial charge in [0.1, 0.15) is 18.0 Å². The van der Waals surface area contributed by atoms with Gasteiger partial charge in [-0.25, -0.2) is 15.0 Å². The number of nitrogens with two attached hydrogens (primary N) is 1.